The molecule has 0 saturated carbocycles. The van der Waals surface area contributed by atoms with Crippen molar-refractivity contribution in [3.63, 3.8) is 0 Å². The van der Waals surface area contributed by atoms with E-state index in [1.54, 1.807) is 18.2 Å². The second-order valence-electron chi connectivity index (χ2n) is 4.84. The average Bonchev–Trinajstić information content (AvgIpc) is 2.28. The third-order valence-electron chi connectivity index (χ3n) is 3.12. The maximum Gasteiger partial charge on any atom is 0.124 e. The Morgan fingerprint density at radius 2 is 2.06 bits per heavy atom. The summed E-state index contributed by atoms with van der Waals surface area (Å²) in [5.41, 5.74) is 0.832. The number of morpholine rings is 1. The van der Waals surface area contributed by atoms with E-state index in [9.17, 15) is 10.4 Å². The van der Waals surface area contributed by atoms with Gasteiger partial charge in [-0.1, -0.05) is 12.1 Å². The molecule has 0 spiro atoms. The van der Waals surface area contributed by atoms with Crippen molar-refractivity contribution >= 4 is 0 Å². The number of hydrogen-bond acceptors (Lipinski definition) is 4. The second-order valence-corrected chi connectivity index (χ2v) is 4.84. The van der Waals surface area contributed by atoms with Gasteiger partial charge in [0.25, 0.3) is 0 Å². The van der Waals surface area contributed by atoms with Crippen molar-refractivity contribution in [2.75, 3.05) is 13.1 Å². The lowest BCUT2D eigenvalue weighted by molar-refractivity contribution is -0.0750. The molecular formula is C14H18N2O2. The van der Waals surface area contributed by atoms with Crippen LogP contribution >= 0.6 is 0 Å². The molecule has 1 fully saturated rings. The molecule has 1 aliphatic heterocycles. The lowest BCUT2D eigenvalue weighted by Crippen LogP contribution is -2.46. The van der Waals surface area contributed by atoms with Crippen molar-refractivity contribution in [3.05, 3.63) is 29.8 Å². The highest BCUT2D eigenvalue weighted by Crippen LogP contribution is 2.26. The molecule has 2 rings (SSSR count). The van der Waals surface area contributed by atoms with E-state index in [2.05, 4.69) is 11.0 Å². The first-order valence-electron chi connectivity index (χ1n) is 6.18. The average molecular weight is 246 g/mol. The fourth-order valence-corrected chi connectivity index (χ4v) is 2.49. The summed E-state index contributed by atoms with van der Waals surface area (Å²) in [5, 5.41) is 18.9. The van der Waals surface area contributed by atoms with Crippen LogP contribution < -0.4 is 0 Å². The minimum atomic E-state index is -0.328. The molecule has 1 saturated heterocycles. The predicted molar refractivity (Wildman–Crippen MR) is 68.0 cm³/mol. The number of aromatic hydroxyl groups is 1. The van der Waals surface area contributed by atoms with E-state index < -0.39 is 0 Å². The van der Waals surface area contributed by atoms with Crippen molar-refractivity contribution in [3.8, 4) is 11.8 Å². The topological polar surface area (TPSA) is 56.5 Å². The molecule has 96 valence electrons. The lowest BCUT2D eigenvalue weighted by atomic mass is 10.0. The van der Waals surface area contributed by atoms with Crippen LogP contribution in [0.1, 0.15) is 25.5 Å². The Bertz CT molecular complexity index is 445. The monoisotopic (exact) mass is 246 g/mol. The SMILES string of the molecule is CC1CN(C(C#N)c2cccc(O)c2)CC(C)O1. The number of nitriles is 1. The number of phenolic OH excluding ortho intramolecular Hbond substituents is 1. The van der Waals surface area contributed by atoms with E-state index in [1.165, 1.54) is 0 Å². The standard InChI is InChI=1S/C14H18N2O2/c1-10-8-16(9-11(2)18-10)14(7-15)12-4-3-5-13(17)6-12/h3-6,10-11,14,17H,8-9H2,1-2H3. The first kappa shape index (κ1) is 12.9. The van der Waals surface area contributed by atoms with Gasteiger partial charge in [-0.3, -0.25) is 4.90 Å². The lowest BCUT2D eigenvalue weighted by Gasteiger charge is -2.37. The molecule has 3 atom stereocenters. The van der Waals surface area contributed by atoms with Gasteiger partial charge in [-0.15, -0.1) is 0 Å². The van der Waals surface area contributed by atoms with Gasteiger partial charge in [0.15, 0.2) is 0 Å². The zero-order valence-electron chi connectivity index (χ0n) is 10.7. The molecule has 1 aliphatic rings. The van der Waals surface area contributed by atoms with Crippen LogP contribution in [-0.2, 0) is 4.74 Å². The van der Waals surface area contributed by atoms with Gasteiger partial charge in [-0.2, -0.15) is 5.26 Å². The quantitative estimate of drug-likeness (QED) is 0.868. The van der Waals surface area contributed by atoms with Crippen molar-refractivity contribution in [1.82, 2.24) is 4.90 Å². The van der Waals surface area contributed by atoms with Crippen LogP contribution in [0.5, 0.6) is 5.75 Å². The number of nitrogens with zero attached hydrogens (tertiary/aromatic N) is 2. The molecule has 1 aromatic rings. The summed E-state index contributed by atoms with van der Waals surface area (Å²) in [5.74, 6) is 0.196. The number of hydrogen-bond donors (Lipinski definition) is 1. The highest BCUT2D eigenvalue weighted by Gasteiger charge is 2.28. The van der Waals surface area contributed by atoms with Gasteiger partial charge in [-0.25, -0.2) is 0 Å². The van der Waals surface area contributed by atoms with Gasteiger partial charge in [0.1, 0.15) is 11.8 Å². The molecule has 0 aliphatic carbocycles. The fraction of sp³-hybridized carbons (Fsp3) is 0.500. The Morgan fingerprint density at radius 3 is 2.61 bits per heavy atom. The minimum Gasteiger partial charge on any atom is -0.508 e. The number of phenols is 1. The summed E-state index contributed by atoms with van der Waals surface area (Å²) < 4.78 is 5.67. The van der Waals surface area contributed by atoms with Crippen molar-refractivity contribution < 1.29 is 9.84 Å². The zero-order valence-corrected chi connectivity index (χ0v) is 10.7. The summed E-state index contributed by atoms with van der Waals surface area (Å²) >= 11 is 0. The third kappa shape index (κ3) is 2.81. The molecule has 0 aromatic heterocycles. The Kier molecular flexibility index (Phi) is 3.85. The molecule has 3 unspecified atom stereocenters. The highest BCUT2D eigenvalue weighted by atomic mass is 16.5. The molecule has 0 amide bonds. The van der Waals surface area contributed by atoms with E-state index in [0.29, 0.717) is 0 Å². The van der Waals surface area contributed by atoms with Gasteiger partial charge in [0.05, 0.1) is 18.3 Å². The predicted octanol–water partition coefficient (Wildman–Crippen LogP) is 2.07. The number of benzene rings is 1. The molecule has 4 nitrogen and oxygen atoms in total. The van der Waals surface area contributed by atoms with Crippen LogP contribution in [0.3, 0.4) is 0 Å². The molecule has 1 heterocycles. The summed E-state index contributed by atoms with van der Waals surface area (Å²) in [4.78, 5) is 2.10. The second kappa shape index (κ2) is 5.38. The molecular weight excluding hydrogens is 228 g/mol. The molecule has 4 heteroatoms. The fourth-order valence-electron chi connectivity index (χ4n) is 2.49. The van der Waals surface area contributed by atoms with E-state index >= 15 is 0 Å². The van der Waals surface area contributed by atoms with E-state index in [-0.39, 0.29) is 24.0 Å². The Labute approximate surface area is 107 Å². The number of ether oxygens (including phenoxy) is 1. The minimum absolute atomic E-state index is 0.127. The van der Waals surface area contributed by atoms with Crippen LogP contribution in [-0.4, -0.2) is 35.3 Å². The van der Waals surface area contributed by atoms with Gasteiger partial charge in [0.2, 0.25) is 0 Å². The van der Waals surface area contributed by atoms with Crippen LogP contribution in [0.4, 0.5) is 0 Å². The molecule has 18 heavy (non-hydrogen) atoms. The van der Waals surface area contributed by atoms with E-state index in [4.69, 9.17) is 4.74 Å². The summed E-state index contributed by atoms with van der Waals surface area (Å²) in [6.45, 7) is 5.50. The molecule has 0 bridgehead atoms. The van der Waals surface area contributed by atoms with Crippen molar-refractivity contribution in [2.24, 2.45) is 0 Å². The van der Waals surface area contributed by atoms with Gasteiger partial charge >= 0.3 is 0 Å². The first-order valence-corrected chi connectivity index (χ1v) is 6.18. The molecule has 1 aromatic carbocycles. The van der Waals surface area contributed by atoms with Crippen molar-refractivity contribution in [1.29, 1.82) is 5.26 Å². The van der Waals surface area contributed by atoms with E-state index in [1.807, 2.05) is 19.9 Å². The van der Waals surface area contributed by atoms with Gasteiger partial charge < -0.3 is 9.84 Å². The van der Waals surface area contributed by atoms with Gasteiger partial charge in [0, 0.05) is 13.1 Å². The molecule has 1 N–H and O–H groups in total. The Balaban J connectivity index is 2.21. The Morgan fingerprint density at radius 1 is 1.39 bits per heavy atom. The number of rotatable bonds is 2. The largest absolute Gasteiger partial charge is 0.508 e. The van der Waals surface area contributed by atoms with E-state index in [0.717, 1.165) is 18.7 Å². The van der Waals surface area contributed by atoms with Crippen LogP contribution in [0.25, 0.3) is 0 Å². The third-order valence-corrected chi connectivity index (χ3v) is 3.12. The zero-order chi connectivity index (χ0) is 13.1. The highest BCUT2D eigenvalue weighted by molar-refractivity contribution is 5.32. The maximum absolute atomic E-state index is 9.51. The van der Waals surface area contributed by atoms with Crippen molar-refractivity contribution in [2.45, 2.75) is 32.1 Å². The normalized spacial score (nSPS) is 26.5. The maximum atomic E-state index is 9.51. The van der Waals surface area contributed by atoms with Gasteiger partial charge in [-0.05, 0) is 31.5 Å². The summed E-state index contributed by atoms with van der Waals surface area (Å²) in [6.07, 6.45) is 0.254. The summed E-state index contributed by atoms with van der Waals surface area (Å²) in [6, 6.07) is 8.89. The molecule has 0 radical (unpaired) electrons. The Hall–Kier alpha value is -1.57. The smallest absolute Gasteiger partial charge is 0.124 e. The van der Waals surface area contributed by atoms with Crippen LogP contribution in [0.2, 0.25) is 0 Å². The summed E-state index contributed by atoms with van der Waals surface area (Å²) in [7, 11) is 0. The first-order chi connectivity index (χ1) is 8.60. The van der Waals surface area contributed by atoms with Crippen LogP contribution in [0.15, 0.2) is 24.3 Å². The van der Waals surface area contributed by atoms with Crippen LogP contribution in [0, 0.1) is 11.3 Å².